The molecule has 152 valence electrons. The lowest BCUT2D eigenvalue weighted by Gasteiger charge is -2.33. The summed E-state index contributed by atoms with van der Waals surface area (Å²) in [6, 6.07) is 12.5. The summed E-state index contributed by atoms with van der Waals surface area (Å²) in [4.78, 5) is 21.2. The van der Waals surface area contributed by atoms with E-state index in [2.05, 4.69) is 36.4 Å². The van der Waals surface area contributed by atoms with Gasteiger partial charge in [-0.2, -0.15) is 0 Å². The van der Waals surface area contributed by atoms with Gasteiger partial charge in [-0.25, -0.2) is 0 Å². The summed E-state index contributed by atoms with van der Waals surface area (Å²) < 4.78 is 6.29. The fourth-order valence-electron chi connectivity index (χ4n) is 6.82. The molecular formula is C23H20N2O5. The average Bonchev–Trinajstić information content (AvgIpc) is 3.49. The van der Waals surface area contributed by atoms with E-state index in [-0.39, 0.29) is 24.1 Å². The highest BCUT2D eigenvalue weighted by molar-refractivity contribution is 5.49. The van der Waals surface area contributed by atoms with Crippen molar-refractivity contribution in [1.29, 1.82) is 0 Å². The van der Waals surface area contributed by atoms with Gasteiger partial charge in [0.25, 0.3) is 11.4 Å². The Bertz CT molecular complexity index is 1070. The monoisotopic (exact) mass is 404 g/mol. The van der Waals surface area contributed by atoms with Gasteiger partial charge in [0.2, 0.25) is 0 Å². The van der Waals surface area contributed by atoms with E-state index in [9.17, 15) is 20.2 Å². The number of ether oxygens (including phenoxy) is 1. The molecule has 0 amide bonds. The van der Waals surface area contributed by atoms with E-state index < -0.39 is 9.85 Å². The molecule has 0 aromatic heterocycles. The minimum Gasteiger partial charge on any atom is -0.372 e. The molecule has 2 saturated carbocycles. The molecule has 30 heavy (non-hydrogen) atoms. The van der Waals surface area contributed by atoms with Crippen molar-refractivity contribution in [2.24, 2.45) is 23.7 Å². The van der Waals surface area contributed by atoms with Gasteiger partial charge >= 0.3 is 0 Å². The van der Waals surface area contributed by atoms with Crippen molar-refractivity contribution in [3.63, 3.8) is 0 Å². The van der Waals surface area contributed by atoms with Crippen molar-refractivity contribution in [3.05, 3.63) is 91.5 Å². The predicted molar refractivity (Wildman–Crippen MR) is 108 cm³/mol. The highest BCUT2D eigenvalue weighted by atomic mass is 16.6. The van der Waals surface area contributed by atoms with Crippen molar-refractivity contribution in [2.75, 3.05) is 0 Å². The first-order valence-electron chi connectivity index (χ1n) is 10.3. The maximum Gasteiger partial charge on any atom is 0.281 e. The van der Waals surface area contributed by atoms with Crippen LogP contribution in [0, 0.1) is 43.9 Å². The predicted octanol–water partition coefficient (Wildman–Crippen LogP) is 4.72. The highest BCUT2D eigenvalue weighted by Gasteiger charge is 2.63. The molecule has 0 heterocycles. The number of non-ortho nitro benzene ring substituents is 1. The van der Waals surface area contributed by atoms with Crippen LogP contribution in [-0.4, -0.2) is 16.0 Å². The second kappa shape index (κ2) is 6.22. The standard InChI is InChI=1S/C23H20N2O5/c26-24(27)13-6-5-12(20(9-13)25(28)29)11-30-23-16-7-8-17(23)22-19-10-18(21(16)22)14-3-1-2-4-15(14)19/h1-9,16-19,21-23H,10-11H2/t16-,17-,18-,19-,21-,22+,23?/m0/s1. The lowest BCUT2D eigenvalue weighted by atomic mass is 9.71. The summed E-state index contributed by atoms with van der Waals surface area (Å²) in [5.41, 5.74) is 2.84. The van der Waals surface area contributed by atoms with E-state index in [0.717, 1.165) is 6.07 Å². The van der Waals surface area contributed by atoms with Gasteiger partial charge in [-0.15, -0.1) is 0 Å². The van der Waals surface area contributed by atoms with Crippen LogP contribution in [-0.2, 0) is 11.3 Å². The highest BCUT2D eigenvalue weighted by Crippen LogP contribution is 2.70. The number of rotatable bonds is 5. The lowest BCUT2D eigenvalue weighted by Crippen LogP contribution is -2.25. The molecular weight excluding hydrogens is 384 g/mol. The Kier molecular flexibility index (Phi) is 3.68. The van der Waals surface area contributed by atoms with Crippen LogP contribution in [0.15, 0.2) is 54.6 Å². The summed E-state index contributed by atoms with van der Waals surface area (Å²) in [5.74, 6) is 2.99. The molecule has 6 rings (SSSR count). The SMILES string of the molecule is O=[N+]([O-])c1ccc(COC2[C@H]3C=C[C@H]2[C@@H]2[C@H]3[C@H]3C[C@H]2c2ccccc23)c([N+](=O)[O-])c1. The summed E-state index contributed by atoms with van der Waals surface area (Å²) in [6.45, 7) is 0.0926. The summed E-state index contributed by atoms with van der Waals surface area (Å²) >= 11 is 0. The van der Waals surface area contributed by atoms with E-state index in [1.807, 2.05) is 0 Å². The molecule has 1 unspecified atom stereocenters. The first kappa shape index (κ1) is 17.8. The molecule has 7 nitrogen and oxygen atoms in total. The van der Waals surface area contributed by atoms with Crippen LogP contribution in [0.2, 0.25) is 0 Å². The van der Waals surface area contributed by atoms with Crippen molar-refractivity contribution in [3.8, 4) is 0 Å². The van der Waals surface area contributed by atoms with Gasteiger partial charge in [0.1, 0.15) is 0 Å². The summed E-state index contributed by atoms with van der Waals surface area (Å²) in [6.07, 6.45) is 5.81. The van der Waals surface area contributed by atoms with Gasteiger partial charge in [-0.05, 0) is 47.3 Å². The Morgan fingerprint density at radius 1 is 0.900 bits per heavy atom. The molecule has 7 atom stereocenters. The first-order valence-corrected chi connectivity index (χ1v) is 10.3. The Balaban J connectivity index is 1.25. The van der Waals surface area contributed by atoms with Crippen LogP contribution < -0.4 is 0 Å². The molecule has 4 aliphatic carbocycles. The smallest absolute Gasteiger partial charge is 0.281 e. The number of fused-ring (bicyclic) bond motifs is 12. The van der Waals surface area contributed by atoms with Crippen LogP contribution in [0.5, 0.6) is 0 Å². The zero-order chi connectivity index (χ0) is 20.6. The molecule has 0 radical (unpaired) electrons. The maximum atomic E-state index is 11.4. The zero-order valence-corrected chi connectivity index (χ0v) is 16.1. The van der Waals surface area contributed by atoms with Crippen molar-refractivity contribution in [2.45, 2.75) is 31.0 Å². The van der Waals surface area contributed by atoms with E-state index in [1.54, 1.807) is 0 Å². The molecule has 0 spiro atoms. The van der Waals surface area contributed by atoms with E-state index in [1.165, 1.54) is 29.7 Å². The molecule has 7 heteroatoms. The lowest BCUT2D eigenvalue weighted by molar-refractivity contribution is -0.394. The fraction of sp³-hybridized carbons (Fsp3) is 0.391. The maximum absolute atomic E-state index is 11.4. The molecule has 0 N–H and O–H groups in total. The normalized spacial score (nSPS) is 34.2. The van der Waals surface area contributed by atoms with Crippen LogP contribution in [0.4, 0.5) is 11.4 Å². The Labute approximate surface area is 172 Å². The topological polar surface area (TPSA) is 95.5 Å². The van der Waals surface area contributed by atoms with Crippen LogP contribution in [0.3, 0.4) is 0 Å². The quantitative estimate of drug-likeness (QED) is 0.311. The van der Waals surface area contributed by atoms with Gasteiger partial charge < -0.3 is 4.74 Å². The number of nitro benzene ring substituents is 2. The third kappa shape index (κ3) is 2.29. The molecule has 2 aromatic carbocycles. The Hall–Kier alpha value is -3.06. The number of nitro groups is 2. The first-order chi connectivity index (χ1) is 14.5. The molecule has 2 fully saturated rings. The van der Waals surface area contributed by atoms with Crippen molar-refractivity contribution in [1.82, 2.24) is 0 Å². The van der Waals surface area contributed by atoms with Gasteiger partial charge in [-0.1, -0.05) is 36.4 Å². The van der Waals surface area contributed by atoms with Gasteiger partial charge in [0.15, 0.2) is 0 Å². The molecule has 0 aliphatic heterocycles. The number of benzene rings is 2. The minimum atomic E-state index is -0.618. The largest absolute Gasteiger partial charge is 0.372 e. The zero-order valence-electron chi connectivity index (χ0n) is 16.1. The van der Waals surface area contributed by atoms with Gasteiger partial charge in [0.05, 0.1) is 34.2 Å². The van der Waals surface area contributed by atoms with Gasteiger partial charge in [0, 0.05) is 17.9 Å². The van der Waals surface area contributed by atoms with E-state index in [4.69, 9.17) is 4.74 Å². The number of hydrogen-bond donors (Lipinski definition) is 0. The molecule has 4 bridgehead atoms. The number of nitrogens with zero attached hydrogens (tertiary/aromatic N) is 2. The fourth-order valence-corrected chi connectivity index (χ4v) is 6.82. The molecule has 4 aliphatic rings. The van der Waals surface area contributed by atoms with Crippen LogP contribution in [0.1, 0.15) is 34.9 Å². The third-order valence-corrected chi connectivity index (χ3v) is 7.79. The summed E-state index contributed by atoms with van der Waals surface area (Å²) in [7, 11) is 0. The van der Waals surface area contributed by atoms with Gasteiger partial charge in [-0.3, -0.25) is 20.2 Å². The Morgan fingerprint density at radius 3 is 2.10 bits per heavy atom. The summed E-state index contributed by atoms with van der Waals surface area (Å²) in [5, 5.41) is 22.4. The Morgan fingerprint density at radius 2 is 1.53 bits per heavy atom. The minimum absolute atomic E-state index is 0.0226. The van der Waals surface area contributed by atoms with Crippen LogP contribution >= 0.6 is 0 Å². The van der Waals surface area contributed by atoms with E-state index >= 15 is 0 Å². The molecule has 2 aromatic rings. The second-order valence-corrected chi connectivity index (χ2v) is 8.87. The van der Waals surface area contributed by atoms with Crippen molar-refractivity contribution < 1.29 is 14.6 Å². The van der Waals surface area contributed by atoms with Crippen LogP contribution in [0.25, 0.3) is 0 Å². The third-order valence-electron chi connectivity index (χ3n) is 7.79. The molecule has 0 saturated heterocycles. The van der Waals surface area contributed by atoms with Crippen molar-refractivity contribution >= 4 is 11.4 Å². The van der Waals surface area contributed by atoms with E-state index in [0.29, 0.717) is 41.1 Å². The average molecular weight is 404 g/mol. The number of hydrogen-bond acceptors (Lipinski definition) is 5. The second-order valence-electron chi connectivity index (χ2n) is 8.87.